The van der Waals surface area contributed by atoms with E-state index in [4.69, 9.17) is 11.6 Å². The minimum Gasteiger partial charge on any atom is -0.326 e. The third-order valence-corrected chi connectivity index (χ3v) is 4.65. The van der Waals surface area contributed by atoms with Gasteiger partial charge in [0.2, 0.25) is 11.9 Å². The quantitative estimate of drug-likeness (QED) is 0.702. The van der Waals surface area contributed by atoms with E-state index in [-0.39, 0.29) is 17.4 Å². The number of aromatic nitrogens is 3. The Labute approximate surface area is 164 Å². The molecule has 3 aromatic rings. The molecule has 0 fully saturated rings. The van der Waals surface area contributed by atoms with E-state index < -0.39 is 17.8 Å². The smallest absolute Gasteiger partial charge is 0.252 e. The summed E-state index contributed by atoms with van der Waals surface area (Å²) in [5.41, 5.74) is 2.26. The summed E-state index contributed by atoms with van der Waals surface area (Å²) in [6, 6.07) is 10.7. The molecule has 4 rings (SSSR count). The number of fused-ring (bicyclic) bond motifs is 1. The lowest BCUT2D eigenvalue weighted by Gasteiger charge is -2.10. The normalized spacial score (nSPS) is 15.2. The number of rotatable bonds is 4. The summed E-state index contributed by atoms with van der Waals surface area (Å²) in [6.45, 7) is 1.98. The number of carbonyl (C=O) groups is 2. The lowest BCUT2D eigenvalue weighted by molar-refractivity contribution is -0.123. The van der Waals surface area contributed by atoms with Crippen LogP contribution in [0.4, 0.5) is 16.0 Å². The van der Waals surface area contributed by atoms with Crippen LogP contribution >= 0.6 is 11.6 Å². The van der Waals surface area contributed by atoms with E-state index in [0.717, 1.165) is 17.2 Å². The molecule has 0 spiro atoms. The first-order valence-corrected chi connectivity index (χ1v) is 8.88. The minimum atomic E-state index is -0.822. The summed E-state index contributed by atoms with van der Waals surface area (Å²) in [5.74, 6) is -0.611. The van der Waals surface area contributed by atoms with Gasteiger partial charge in [-0.2, -0.15) is 4.98 Å². The van der Waals surface area contributed by atoms with E-state index in [1.54, 1.807) is 0 Å². The Hall–Kier alpha value is -3.26. The first-order chi connectivity index (χ1) is 13.4. The predicted molar refractivity (Wildman–Crippen MR) is 103 cm³/mol. The fourth-order valence-corrected chi connectivity index (χ4v) is 3.08. The van der Waals surface area contributed by atoms with Crippen molar-refractivity contribution in [3.05, 3.63) is 58.9 Å². The van der Waals surface area contributed by atoms with Gasteiger partial charge in [0.1, 0.15) is 11.9 Å². The fourth-order valence-electron chi connectivity index (χ4n) is 2.90. The Morgan fingerprint density at radius 3 is 2.75 bits per heavy atom. The second kappa shape index (κ2) is 7.05. The van der Waals surface area contributed by atoms with Crippen LogP contribution in [-0.4, -0.2) is 26.6 Å². The Morgan fingerprint density at radius 2 is 2.04 bits per heavy atom. The van der Waals surface area contributed by atoms with E-state index in [0.29, 0.717) is 17.5 Å². The Balaban J connectivity index is 1.51. The van der Waals surface area contributed by atoms with Crippen molar-refractivity contribution in [3.8, 4) is 11.4 Å². The van der Waals surface area contributed by atoms with Gasteiger partial charge >= 0.3 is 0 Å². The average Bonchev–Trinajstić information content (AvgIpc) is 3.18. The number of benzene rings is 2. The van der Waals surface area contributed by atoms with Crippen LogP contribution in [0.3, 0.4) is 0 Å². The molecule has 28 heavy (non-hydrogen) atoms. The van der Waals surface area contributed by atoms with Gasteiger partial charge in [-0.25, -0.2) is 9.07 Å². The molecular formula is C19H15ClFN5O2. The lowest BCUT2D eigenvalue weighted by atomic mass is 10.1. The Morgan fingerprint density at radius 1 is 1.29 bits per heavy atom. The fraction of sp³-hybridized carbons (Fsp3) is 0.158. The zero-order valence-corrected chi connectivity index (χ0v) is 15.5. The summed E-state index contributed by atoms with van der Waals surface area (Å²) in [7, 11) is 0. The Bertz CT molecular complexity index is 1080. The Kier molecular flexibility index (Phi) is 4.56. The summed E-state index contributed by atoms with van der Waals surface area (Å²) in [4.78, 5) is 28.9. The van der Waals surface area contributed by atoms with Gasteiger partial charge in [-0.05, 0) is 25.1 Å². The molecule has 0 radical (unpaired) electrons. The van der Waals surface area contributed by atoms with Gasteiger partial charge < -0.3 is 5.32 Å². The van der Waals surface area contributed by atoms with E-state index >= 15 is 0 Å². The predicted octanol–water partition coefficient (Wildman–Crippen LogP) is 3.57. The third kappa shape index (κ3) is 3.46. The molecule has 0 aliphatic carbocycles. The van der Waals surface area contributed by atoms with Crippen molar-refractivity contribution in [3.63, 3.8) is 0 Å². The number of anilines is 2. The van der Waals surface area contributed by atoms with Crippen molar-refractivity contribution in [2.24, 2.45) is 0 Å². The number of amides is 2. The summed E-state index contributed by atoms with van der Waals surface area (Å²) in [6.07, 6.45) is -0.148. The molecule has 1 aliphatic rings. The van der Waals surface area contributed by atoms with Gasteiger partial charge in [-0.15, -0.1) is 5.10 Å². The number of aryl methyl sites for hydroxylation is 1. The molecule has 0 saturated carbocycles. The highest BCUT2D eigenvalue weighted by Crippen LogP contribution is 2.29. The monoisotopic (exact) mass is 399 g/mol. The van der Waals surface area contributed by atoms with Crippen molar-refractivity contribution < 1.29 is 14.0 Å². The SMILES string of the molecule is Cc1ccc(-c2nc3n(n2)[C@@H](CC(=O)Nc2ccc(F)c(Cl)c2)C(=O)N3)cc1. The molecular weight excluding hydrogens is 385 g/mol. The van der Waals surface area contributed by atoms with Gasteiger partial charge in [0.05, 0.1) is 11.4 Å². The summed E-state index contributed by atoms with van der Waals surface area (Å²) >= 11 is 5.72. The van der Waals surface area contributed by atoms with Crippen LogP contribution in [-0.2, 0) is 9.59 Å². The highest BCUT2D eigenvalue weighted by atomic mass is 35.5. The van der Waals surface area contributed by atoms with Gasteiger partial charge in [0.25, 0.3) is 5.91 Å². The number of halogens is 2. The maximum atomic E-state index is 13.2. The minimum absolute atomic E-state index is 0.0993. The van der Waals surface area contributed by atoms with Crippen molar-refractivity contribution in [1.82, 2.24) is 14.8 Å². The van der Waals surface area contributed by atoms with Crippen LogP contribution < -0.4 is 10.6 Å². The van der Waals surface area contributed by atoms with E-state index in [1.807, 2.05) is 31.2 Å². The standard InChI is InChI=1S/C19H15ClFN5O2/c1-10-2-4-11(5-3-10)17-23-19-24-18(28)15(26(19)25-17)9-16(27)22-12-6-7-14(21)13(20)8-12/h2-8,15H,9H2,1H3,(H,22,27)(H,23,24,25,28)/t15-/m0/s1. The van der Waals surface area contributed by atoms with Gasteiger partial charge in [0, 0.05) is 11.3 Å². The van der Waals surface area contributed by atoms with Crippen LogP contribution in [0.5, 0.6) is 0 Å². The van der Waals surface area contributed by atoms with Crippen molar-refractivity contribution in [2.75, 3.05) is 10.6 Å². The zero-order valence-electron chi connectivity index (χ0n) is 14.7. The van der Waals surface area contributed by atoms with Crippen LogP contribution in [0, 0.1) is 12.7 Å². The number of nitrogens with zero attached hydrogens (tertiary/aromatic N) is 3. The van der Waals surface area contributed by atoms with Crippen molar-refractivity contribution >= 4 is 35.1 Å². The third-order valence-electron chi connectivity index (χ3n) is 4.36. The molecule has 0 unspecified atom stereocenters. The molecule has 0 saturated heterocycles. The van der Waals surface area contributed by atoms with Gasteiger partial charge in [-0.3, -0.25) is 14.9 Å². The number of hydrogen-bond acceptors (Lipinski definition) is 4. The summed E-state index contributed by atoms with van der Waals surface area (Å²) < 4.78 is 14.6. The van der Waals surface area contributed by atoms with Crippen LogP contribution in [0.25, 0.3) is 11.4 Å². The molecule has 2 amide bonds. The van der Waals surface area contributed by atoms with Crippen molar-refractivity contribution in [1.29, 1.82) is 0 Å². The second-order valence-corrected chi connectivity index (χ2v) is 6.86. The maximum absolute atomic E-state index is 13.2. The number of hydrogen-bond donors (Lipinski definition) is 2. The molecule has 2 aromatic carbocycles. The highest BCUT2D eigenvalue weighted by molar-refractivity contribution is 6.31. The molecule has 1 aliphatic heterocycles. The molecule has 7 nitrogen and oxygen atoms in total. The molecule has 142 valence electrons. The zero-order chi connectivity index (χ0) is 19.8. The van der Waals surface area contributed by atoms with E-state index in [2.05, 4.69) is 20.7 Å². The topological polar surface area (TPSA) is 88.9 Å². The number of nitrogens with one attached hydrogen (secondary N) is 2. The van der Waals surface area contributed by atoms with Crippen LogP contribution in [0.1, 0.15) is 18.0 Å². The molecule has 1 aromatic heterocycles. The first-order valence-electron chi connectivity index (χ1n) is 8.50. The molecule has 2 heterocycles. The number of carbonyl (C=O) groups excluding carboxylic acids is 2. The highest BCUT2D eigenvalue weighted by Gasteiger charge is 2.35. The van der Waals surface area contributed by atoms with E-state index in [1.165, 1.54) is 16.8 Å². The molecule has 1 atom stereocenters. The molecule has 2 N–H and O–H groups in total. The lowest BCUT2D eigenvalue weighted by Crippen LogP contribution is -2.23. The second-order valence-electron chi connectivity index (χ2n) is 6.46. The van der Waals surface area contributed by atoms with Crippen molar-refractivity contribution in [2.45, 2.75) is 19.4 Å². The summed E-state index contributed by atoms with van der Waals surface area (Å²) in [5, 5.41) is 9.52. The maximum Gasteiger partial charge on any atom is 0.252 e. The average molecular weight is 400 g/mol. The molecule has 0 bridgehead atoms. The van der Waals surface area contributed by atoms with Gasteiger partial charge in [0.15, 0.2) is 5.82 Å². The van der Waals surface area contributed by atoms with E-state index in [9.17, 15) is 14.0 Å². The largest absolute Gasteiger partial charge is 0.326 e. The van der Waals surface area contributed by atoms with Crippen LogP contribution in [0.15, 0.2) is 42.5 Å². The molecule has 9 heteroatoms. The van der Waals surface area contributed by atoms with Gasteiger partial charge in [-0.1, -0.05) is 41.4 Å². The first kappa shape index (κ1) is 18.1. The van der Waals surface area contributed by atoms with Crippen LogP contribution in [0.2, 0.25) is 5.02 Å².